The summed E-state index contributed by atoms with van der Waals surface area (Å²) in [5.74, 6) is 1.27. The second-order valence-electron chi connectivity index (χ2n) is 4.53. The second kappa shape index (κ2) is 5.71. The lowest BCUT2D eigenvalue weighted by Gasteiger charge is -2.16. The Labute approximate surface area is 115 Å². The maximum atomic E-state index is 13.0. The van der Waals surface area contributed by atoms with Gasteiger partial charge in [0.2, 0.25) is 5.89 Å². The Kier molecular flexibility index (Phi) is 4.21. The highest BCUT2D eigenvalue weighted by Crippen LogP contribution is 2.24. The van der Waals surface area contributed by atoms with Gasteiger partial charge in [-0.05, 0) is 31.5 Å². The fourth-order valence-corrected chi connectivity index (χ4v) is 2.18. The van der Waals surface area contributed by atoms with Crippen molar-refractivity contribution in [3.63, 3.8) is 0 Å². The van der Waals surface area contributed by atoms with Gasteiger partial charge in [-0.15, -0.1) is 11.8 Å². The summed E-state index contributed by atoms with van der Waals surface area (Å²) in [5.41, 5.74) is 5.42. The van der Waals surface area contributed by atoms with Gasteiger partial charge in [0.1, 0.15) is 5.82 Å². The van der Waals surface area contributed by atoms with E-state index < -0.39 is 5.54 Å². The number of benzene rings is 1. The maximum Gasteiger partial charge on any atom is 0.246 e. The standard InChI is InChI=1S/C13H16FN3OS/c1-3-13(2,15)12-16-11(17-18-12)8-19-10-6-4-5-9(14)7-10/h4-7H,3,8,15H2,1-2H3. The minimum absolute atomic E-state index is 0.251. The molecule has 0 spiro atoms. The van der Waals surface area contributed by atoms with E-state index in [1.54, 1.807) is 6.07 Å². The molecule has 1 unspecified atom stereocenters. The average molecular weight is 281 g/mol. The molecule has 4 nitrogen and oxygen atoms in total. The molecule has 0 amide bonds. The normalized spacial score (nSPS) is 14.3. The van der Waals surface area contributed by atoms with Crippen LogP contribution in [-0.4, -0.2) is 10.1 Å². The van der Waals surface area contributed by atoms with Crippen LogP contribution < -0.4 is 5.73 Å². The molecule has 0 radical (unpaired) electrons. The lowest BCUT2D eigenvalue weighted by molar-refractivity contribution is 0.290. The summed E-state index contributed by atoms with van der Waals surface area (Å²) < 4.78 is 18.2. The first kappa shape index (κ1) is 14.0. The lowest BCUT2D eigenvalue weighted by atomic mass is 10.0. The smallest absolute Gasteiger partial charge is 0.246 e. The molecular weight excluding hydrogens is 265 g/mol. The van der Waals surface area contributed by atoms with Crippen LogP contribution in [0, 0.1) is 5.82 Å². The molecule has 2 N–H and O–H groups in total. The predicted octanol–water partition coefficient (Wildman–Crippen LogP) is 3.08. The number of nitrogens with zero attached hydrogens (tertiary/aromatic N) is 2. The molecule has 0 bridgehead atoms. The molecule has 1 heterocycles. The molecule has 2 rings (SSSR count). The van der Waals surface area contributed by atoms with E-state index in [4.69, 9.17) is 10.3 Å². The second-order valence-corrected chi connectivity index (χ2v) is 5.58. The van der Waals surface area contributed by atoms with Crippen molar-refractivity contribution in [3.8, 4) is 0 Å². The molecule has 0 aliphatic rings. The predicted molar refractivity (Wildman–Crippen MR) is 72.1 cm³/mol. The van der Waals surface area contributed by atoms with Crippen molar-refractivity contribution in [2.75, 3.05) is 0 Å². The summed E-state index contributed by atoms with van der Waals surface area (Å²) >= 11 is 1.45. The Morgan fingerprint density at radius 1 is 1.47 bits per heavy atom. The topological polar surface area (TPSA) is 64.9 Å². The molecule has 1 aromatic heterocycles. The highest BCUT2D eigenvalue weighted by Gasteiger charge is 2.26. The number of hydrogen-bond acceptors (Lipinski definition) is 5. The van der Waals surface area contributed by atoms with Crippen LogP contribution in [-0.2, 0) is 11.3 Å². The average Bonchev–Trinajstić information content (AvgIpc) is 2.86. The fourth-order valence-electron chi connectivity index (χ4n) is 1.40. The van der Waals surface area contributed by atoms with Crippen molar-refractivity contribution in [1.82, 2.24) is 10.1 Å². The third kappa shape index (κ3) is 3.54. The molecule has 0 saturated carbocycles. The number of nitrogens with two attached hydrogens (primary N) is 1. The summed E-state index contributed by atoms with van der Waals surface area (Å²) in [5, 5.41) is 3.89. The third-order valence-electron chi connectivity index (χ3n) is 2.86. The van der Waals surface area contributed by atoms with E-state index in [0.29, 0.717) is 23.9 Å². The first-order chi connectivity index (χ1) is 9.01. The van der Waals surface area contributed by atoms with E-state index in [0.717, 1.165) is 4.90 Å². The van der Waals surface area contributed by atoms with Gasteiger partial charge < -0.3 is 10.3 Å². The van der Waals surface area contributed by atoms with Crippen LogP contribution in [0.5, 0.6) is 0 Å². The van der Waals surface area contributed by atoms with Crippen molar-refractivity contribution in [2.45, 2.75) is 36.5 Å². The lowest BCUT2D eigenvalue weighted by Crippen LogP contribution is -2.32. The van der Waals surface area contributed by atoms with Crippen LogP contribution in [0.25, 0.3) is 0 Å². The van der Waals surface area contributed by atoms with Crippen LogP contribution in [0.15, 0.2) is 33.7 Å². The van der Waals surface area contributed by atoms with E-state index >= 15 is 0 Å². The number of halogens is 1. The summed E-state index contributed by atoms with van der Waals surface area (Å²) in [6.45, 7) is 3.81. The minimum atomic E-state index is -0.602. The molecule has 19 heavy (non-hydrogen) atoms. The zero-order chi connectivity index (χ0) is 13.9. The molecule has 0 fully saturated rings. The molecule has 0 aliphatic heterocycles. The van der Waals surface area contributed by atoms with Gasteiger partial charge >= 0.3 is 0 Å². The Morgan fingerprint density at radius 3 is 2.95 bits per heavy atom. The van der Waals surface area contributed by atoms with Crippen molar-refractivity contribution in [1.29, 1.82) is 0 Å². The van der Waals surface area contributed by atoms with E-state index in [1.165, 1.54) is 23.9 Å². The van der Waals surface area contributed by atoms with Crippen LogP contribution in [0.2, 0.25) is 0 Å². The molecular formula is C13H16FN3OS. The van der Waals surface area contributed by atoms with Crippen molar-refractivity contribution in [3.05, 3.63) is 41.8 Å². The minimum Gasteiger partial charge on any atom is -0.337 e. The largest absolute Gasteiger partial charge is 0.337 e. The summed E-state index contributed by atoms with van der Waals surface area (Å²) in [7, 11) is 0. The summed E-state index contributed by atoms with van der Waals surface area (Å²) in [4.78, 5) is 5.10. The zero-order valence-electron chi connectivity index (χ0n) is 10.9. The zero-order valence-corrected chi connectivity index (χ0v) is 11.7. The van der Waals surface area contributed by atoms with Crippen LogP contribution in [0.3, 0.4) is 0 Å². The Bertz CT molecular complexity index is 556. The number of hydrogen-bond donors (Lipinski definition) is 1. The molecule has 2 aromatic rings. The Balaban J connectivity index is 2.01. The van der Waals surface area contributed by atoms with E-state index in [2.05, 4.69) is 10.1 Å². The SMILES string of the molecule is CCC(C)(N)c1nc(CSc2cccc(F)c2)no1. The van der Waals surface area contributed by atoms with E-state index in [9.17, 15) is 4.39 Å². The Morgan fingerprint density at radius 2 is 2.26 bits per heavy atom. The number of thioether (sulfide) groups is 1. The molecule has 102 valence electrons. The van der Waals surface area contributed by atoms with Crippen LogP contribution in [0.4, 0.5) is 4.39 Å². The van der Waals surface area contributed by atoms with Gasteiger partial charge in [-0.3, -0.25) is 0 Å². The van der Waals surface area contributed by atoms with Gasteiger partial charge in [-0.1, -0.05) is 18.1 Å². The highest BCUT2D eigenvalue weighted by molar-refractivity contribution is 7.98. The van der Waals surface area contributed by atoms with Crippen LogP contribution >= 0.6 is 11.8 Å². The summed E-state index contributed by atoms with van der Waals surface area (Å²) in [6.07, 6.45) is 0.714. The molecule has 0 saturated heterocycles. The van der Waals surface area contributed by atoms with Gasteiger partial charge in [0.05, 0.1) is 11.3 Å². The van der Waals surface area contributed by atoms with E-state index in [1.807, 2.05) is 19.9 Å². The fraction of sp³-hybridized carbons (Fsp3) is 0.385. The maximum absolute atomic E-state index is 13.0. The van der Waals surface area contributed by atoms with E-state index in [-0.39, 0.29) is 5.82 Å². The number of aromatic nitrogens is 2. The quantitative estimate of drug-likeness (QED) is 0.853. The van der Waals surface area contributed by atoms with Gasteiger partial charge in [0, 0.05) is 4.90 Å². The third-order valence-corrected chi connectivity index (χ3v) is 3.84. The monoisotopic (exact) mass is 281 g/mol. The highest BCUT2D eigenvalue weighted by atomic mass is 32.2. The molecule has 1 aromatic carbocycles. The summed E-state index contributed by atoms with van der Waals surface area (Å²) in [6, 6.07) is 6.41. The molecule has 1 atom stereocenters. The van der Waals surface area contributed by atoms with Gasteiger partial charge in [0.15, 0.2) is 5.82 Å². The first-order valence-electron chi connectivity index (χ1n) is 6.01. The van der Waals surface area contributed by atoms with Crippen LogP contribution in [0.1, 0.15) is 32.0 Å². The van der Waals surface area contributed by atoms with Crippen molar-refractivity contribution in [2.24, 2.45) is 5.73 Å². The van der Waals surface area contributed by atoms with Crippen molar-refractivity contribution < 1.29 is 8.91 Å². The van der Waals surface area contributed by atoms with Crippen molar-refractivity contribution >= 4 is 11.8 Å². The first-order valence-corrected chi connectivity index (χ1v) is 7.00. The van der Waals surface area contributed by atoms with Gasteiger partial charge in [0.25, 0.3) is 0 Å². The molecule has 0 aliphatic carbocycles. The molecule has 6 heteroatoms. The van der Waals surface area contributed by atoms with Gasteiger partial charge in [-0.25, -0.2) is 4.39 Å². The number of rotatable bonds is 5. The van der Waals surface area contributed by atoms with Gasteiger partial charge in [-0.2, -0.15) is 4.98 Å². The Hall–Kier alpha value is -1.40.